The lowest BCUT2D eigenvalue weighted by Crippen LogP contribution is -3.06. The molecule has 0 spiro atoms. The van der Waals surface area contributed by atoms with Crippen molar-refractivity contribution in [1.29, 1.82) is 0 Å². The van der Waals surface area contributed by atoms with Crippen LogP contribution in [0.15, 0.2) is 24.3 Å². The van der Waals surface area contributed by atoms with Crippen LogP contribution in [0.4, 0.5) is 5.69 Å². The Hall–Kier alpha value is -1.88. The molecule has 4 N–H and O–H groups in total. The van der Waals surface area contributed by atoms with Crippen molar-refractivity contribution in [3.05, 3.63) is 29.8 Å². The summed E-state index contributed by atoms with van der Waals surface area (Å²) in [5.74, 6) is -1.17. The van der Waals surface area contributed by atoms with E-state index in [9.17, 15) is 9.59 Å². The van der Waals surface area contributed by atoms with Crippen molar-refractivity contribution in [1.82, 2.24) is 5.32 Å². The highest BCUT2D eigenvalue weighted by molar-refractivity contribution is 6.39. The van der Waals surface area contributed by atoms with Crippen molar-refractivity contribution in [3.63, 3.8) is 0 Å². The summed E-state index contributed by atoms with van der Waals surface area (Å²) in [5.41, 5.74) is 1.70. The lowest BCUT2D eigenvalue weighted by molar-refractivity contribution is -0.787. The molecule has 0 aliphatic carbocycles. The third-order valence-corrected chi connectivity index (χ3v) is 4.26. The molecule has 1 aliphatic heterocycles. The molecule has 5 nitrogen and oxygen atoms in total. The Morgan fingerprint density at radius 2 is 1.61 bits per heavy atom. The number of quaternary nitrogens is 1. The lowest BCUT2D eigenvalue weighted by Gasteiger charge is -2.43. The van der Waals surface area contributed by atoms with E-state index in [0.29, 0.717) is 5.69 Å². The number of benzene rings is 1. The van der Waals surface area contributed by atoms with E-state index in [-0.39, 0.29) is 17.1 Å². The highest BCUT2D eigenvalue weighted by atomic mass is 16.2. The van der Waals surface area contributed by atoms with Gasteiger partial charge in [0, 0.05) is 24.6 Å². The van der Waals surface area contributed by atoms with E-state index >= 15 is 0 Å². The maximum absolute atomic E-state index is 12.2. The molecule has 0 radical (unpaired) electrons. The van der Waals surface area contributed by atoms with Crippen molar-refractivity contribution in [2.24, 2.45) is 0 Å². The second-order valence-corrected chi connectivity index (χ2v) is 7.97. The standard InChI is InChI=1S/C18H27N3O2/c1-12-8-6-7-9-14(12)20-16(23)15(22)19-13-10-17(2,3)21-18(4,5)11-13/h6-9,13,21H,10-11H2,1-5H3,(H,19,22)(H,20,23)/p+1. The predicted octanol–water partition coefficient (Wildman–Crippen LogP) is 1.33. The molecule has 1 aliphatic rings. The van der Waals surface area contributed by atoms with E-state index in [2.05, 4.69) is 43.6 Å². The second-order valence-electron chi connectivity index (χ2n) is 7.97. The average Bonchev–Trinajstić information content (AvgIpc) is 2.37. The minimum atomic E-state index is -0.607. The Labute approximate surface area is 138 Å². The normalized spacial score (nSPS) is 19.9. The monoisotopic (exact) mass is 318 g/mol. The first kappa shape index (κ1) is 17.5. The molecule has 0 bridgehead atoms. The van der Waals surface area contributed by atoms with Crippen molar-refractivity contribution >= 4 is 17.5 Å². The van der Waals surface area contributed by atoms with E-state index in [1.807, 2.05) is 25.1 Å². The fourth-order valence-electron chi connectivity index (χ4n) is 3.76. The largest absolute Gasteiger partial charge is 0.345 e. The fourth-order valence-corrected chi connectivity index (χ4v) is 3.76. The van der Waals surface area contributed by atoms with Crippen LogP contribution in [-0.4, -0.2) is 28.9 Å². The Bertz CT molecular complexity index is 592. The summed E-state index contributed by atoms with van der Waals surface area (Å²) < 4.78 is 0. The van der Waals surface area contributed by atoms with Gasteiger partial charge in [0.1, 0.15) is 0 Å². The van der Waals surface area contributed by atoms with Gasteiger partial charge in [-0.25, -0.2) is 0 Å². The highest BCUT2D eigenvalue weighted by Gasteiger charge is 2.42. The van der Waals surface area contributed by atoms with Crippen LogP contribution in [0, 0.1) is 6.92 Å². The number of nitrogens with one attached hydrogen (secondary N) is 2. The minimum absolute atomic E-state index is 0.0140. The molecule has 0 atom stereocenters. The van der Waals surface area contributed by atoms with Crippen LogP contribution in [0.3, 0.4) is 0 Å². The topological polar surface area (TPSA) is 74.8 Å². The number of aryl methyl sites for hydroxylation is 1. The van der Waals surface area contributed by atoms with Crippen molar-refractivity contribution in [3.8, 4) is 0 Å². The van der Waals surface area contributed by atoms with Gasteiger partial charge in [-0.1, -0.05) is 18.2 Å². The van der Waals surface area contributed by atoms with E-state index in [0.717, 1.165) is 18.4 Å². The molecule has 126 valence electrons. The Morgan fingerprint density at radius 3 is 2.17 bits per heavy atom. The van der Waals surface area contributed by atoms with Gasteiger partial charge in [0.25, 0.3) is 0 Å². The smallest absolute Gasteiger partial charge is 0.313 e. The van der Waals surface area contributed by atoms with Crippen LogP contribution in [0.5, 0.6) is 0 Å². The quantitative estimate of drug-likeness (QED) is 0.720. The molecular weight excluding hydrogens is 290 g/mol. The van der Waals surface area contributed by atoms with E-state index in [1.54, 1.807) is 6.07 Å². The molecule has 1 fully saturated rings. The Kier molecular flexibility index (Phi) is 4.80. The molecule has 0 unspecified atom stereocenters. The number of anilines is 1. The predicted molar refractivity (Wildman–Crippen MR) is 91.1 cm³/mol. The first-order valence-corrected chi connectivity index (χ1v) is 8.13. The van der Waals surface area contributed by atoms with Crippen LogP contribution in [-0.2, 0) is 9.59 Å². The van der Waals surface area contributed by atoms with E-state index in [4.69, 9.17) is 0 Å². The molecule has 0 aromatic heterocycles. The molecule has 23 heavy (non-hydrogen) atoms. The molecule has 1 saturated heterocycles. The molecule has 1 heterocycles. The number of hydrogen-bond donors (Lipinski definition) is 3. The minimum Gasteiger partial charge on any atom is -0.345 e. The van der Waals surface area contributed by atoms with Gasteiger partial charge in [-0.15, -0.1) is 0 Å². The zero-order valence-corrected chi connectivity index (χ0v) is 14.7. The van der Waals surface area contributed by atoms with Gasteiger partial charge >= 0.3 is 11.8 Å². The zero-order valence-electron chi connectivity index (χ0n) is 14.7. The molecule has 2 amide bonds. The van der Waals surface area contributed by atoms with Gasteiger partial charge < -0.3 is 16.0 Å². The van der Waals surface area contributed by atoms with Crippen LogP contribution in [0.25, 0.3) is 0 Å². The number of carbonyl (C=O) groups excluding carboxylic acids is 2. The summed E-state index contributed by atoms with van der Waals surface area (Å²) in [6.45, 7) is 10.6. The zero-order chi connectivity index (χ0) is 17.3. The maximum atomic E-state index is 12.2. The van der Waals surface area contributed by atoms with Gasteiger partial charge in [-0.3, -0.25) is 9.59 Å². The highest BCUT2D eigenvalue weighted by Crippen LogP contribution is 2.21. The number of para-hydroxylation sites is 1. The third-order valence-electron chi connectivity index (χ3n) is 4.26. The van der Waals surface area contributed by atoms with E-state index in [1.165, 1.54) is 0 Å². The average molecular weight is 318 g/mol. The molecule has 1 aromatic carbocycles. The van der Waals surface area contributed by atoms with Gasteiger partial charge in [-0.05, 0) is 46.2 Å². The van der Waals surface area contributed by atoms with Gasteiger partial charge in [0.05, 0.1) is 11.1 Å². The Morgan fingerprint density at radius 1 is 1.04 bits per heavy atom. The third kappa shape index (κ3) is 4.79. The second kappa shape index (κ2) is 6.32. The number of amides is 2. The number of piperidine rings is 1. The summed E-state index contributed by atoms with van der Waals surface area (Å²) in [6, 6.07) is 7.44. The van der Waals surface area contributed by atoms with Crippen LogP contribution in [0.1, 0.15) is 46.1 Å². The van der Waals surface area contributed by atoms with Crippen molar-refractivity contribution in [2.75, 3.05) is 5.32 Å². The van der Waals surface area contributed by atoms with Gasteiger partial charge in [-0.2, -0.15) is 0 Å². The van der Waals surface area contributed by atoms with Crippen molar-refractivity contribution in [2.45, 2.75) is 64.6 Å². The summed E-state index contributed by atoms with van der Waals surface area (Å²) >= 11 is 0. The molecule has 0 saturated carbocycles. The summed E-state index contributed by atoms with van der Waals surface area (Å²) in [7, 11) is 0. The van der Waals surface area contributed by atoms with Gasteiger partial charge in [0.15, 0.2) is 0 Å². The van der Waals surface area contributed by atoms with Crippen LogP contribution >= 0.6 is 0 Å². The van der Waals surface area contributed by atoms with Crippen molar-refractivity contribution < 1.29 is 14.9 Å². The lowest BCUT2D eigenvalue weighted by atomic mass is 9.79. The first-order valence-electron chi connectivity index (χ1n) is 8.13. The van der Waals surface area contributed by atoms with Gasteiger partial charge in [0.2, 0.25) is 0 Å². The first-order chi connectivity index (χ1) is 10.6. The molecule has 2 rings (SSSR count). The SMILES string of the molecule is Cc1ccccc1NC(=O)C(=O)NC1CC(C)(C)[NH2+]C(C)(C)C1. The number of carbonyl (C=O) groups is 2. The summed E-state index contributed by atoms with van der Waals surface area (Å²) in [4.78, 5) is 24.3. The number of nitrogens with two attached hydrogens (primary N) is 1. The Balaban J connectivity index is 1.98. The maximum Gasteiger partial charge on any atom is 0.313 e. The molecular formula is C18H28N3O2+. The van der Waals surface area contributed by atoms with E-state index < -0.39 is 11.8 Å². The summed E-state index contributed by atoms with van der Waals surface area (Å²) in [6.07, 6.45) is 1.69. The molecule has 5 heteroatoms. The van der Waals surface area contributed by atoms with Crippen LogP contribution < -0.4 is 16.0 Å². The summed E-state index contributed by atoms with van der Waals surface area (Å²) in [5, 5.41) is 7.92. The number of hydrogen-bond acceptors (Lipinski definition) is 2. The molecule has 1 aromatic rings. The fraction of sp³-hybridized carbons (Fsp3) is 0.556. The van der Waals surface area contributed by atoms with Crippen LogP contribution in [0.2, 0.25) is 0 Å². The number of rotatable bonds is 2.